The molecule has 4 aliphatic rings. The number of hydrogen-bond acceptors (Lipinski definition) is 7. The molecule has 1 spiro atoms. The second kappa shape index (κ2) is 11.1. The normalized spacial score (nSPS) is 33.8. The van der Waals surface area contributed by atoms with Gasteiger partial charge in [0.1, 0.15) is 23.7 Å². The lowest BCUT2D eigenvalue weighted by Gasteiger charge is -2.35. The van der Waals surface area contributed by atoms with Gasteiger partial charge in [-0.25, -0.2) is 0 Å². The topological polar surface area (TPSA) is 125 Å². The van der Waals surface area contributed by atoms with E-state index in [0.29, 0.717) is 17.1 Å². The van der Waals surface area contributed by atoms with E-state index in [1.54, 1.807) is 55.5 Å². The van der Waals surface area contributed by atoms with Crippen LogP contribution in [0.25, 0.3) is 0 Å². The fourth-order valence-corrected chi connectivity index (χ4v) is 6.27. The summed E-state index contributed by atoms with van der Waals surface area (Å²) in [5.41, 5.74) is -0.936. The van der Waals surface area contributed by atoms with Gasteiger partial charge in [-0.1, -0.05) is 48.0 Å². The Morgan fingerprint density at radius 2 is 1.95 bits per heavy atom. The molecule has 39 heavy (non-hydrogen) atoms. The molecule has 10 nitrogen and oxygen atoms in total. The van der Waals surface area contributed by atoms with Crippen molar-refractivity contribution in [1.82, 2.24) is 10.2 Å². The number of hydrogen-bond donors (Lipinski definition) is 2. The molecule has 2 N–H and O–H groups in total. The number of rotatable bonds is 4. The Bertz CT molecular complexity index is 1220. The molecule has 2 fully saturated rings. The predicted molar refractivity (Wildman–Crippen MR) is 142 cm³/mol. The van der Waals surface area contributed by atoms with Crippen molar-refractivity contribution in [3.05, 3.63) is 53.6 Å². The lowest BCUT2D eigenvalue weighted by atomic mass is 9.78. The van der Waals surface area contributed by atoms with E-state index in [0.717, 1.165) is 0 Å². The van der Waals surface area contributed by atoms with Crippen molar-refractivity contribution in [2.24, 2.45) is 11.8 Å². The zero-order valence-electron chi connectivity index (χ0n) is 21.6. The van der Waals surface area contributed by atoms with Crippen LogP contribution >= 0.6 is 11.6 Å². The molecule has 0 aliphatic carbocycles. The quantitative estimate of drug-likeness (QED) is 0.425. The number of cyclic esters (lactones) is 1. The largest absolute Gasteiger partial charge is 0.460 e. The van der Waals surface area contributed by atoms with Crippen molar-refractivity contribution < 1.29 is 33.8 Å². The van der Waals surface area contributed by atoms with E-state index in [1.807, 2.05) is 0 Å². The van der Waals surface area contributed by atoms with E-state index in [2.05, 4.69) is 5.32 Å². The van der Waals surface area contributed by atoms with Crippen LogP contribution in [0.3, 0.4) is 0 Å². The minimum Gasteiger partial charge on any atom is -0.460 e. The number of anilines is 1. The summed E-state index contributed by atoms with van der Waals surface area (Å²) in [4.78, 5) is 56.9. The van der Waals surface area contributed by atoms with Gasteiger partial charge in [-0.2, -0.15) is 0 Å². The second-order valence-corrected chi connectivity index (χ2v) is 10.7. The molecule has 5 rings (SSSR count). The molecule has 4 heterocycles. The average Bonchev–Trinajstić information content (AvgIpc) is 3.29. The number of nitrogens with one attached hydrogen (secondary N) is 1. The summed E-state index contributed by atoms with van der Waals surface area (Å²) in [6.07, 6.45) is 6.42. The molecule has 1 aromatic rings. The Kier molecular flexibility index (Phi) is 7.80. The molecule has 0 bridgehead atoms. The number of carbonyl (C=O) groups is 4. The van der Waals surface area contributed by atoms with Gasteiger partial charge < -0.3 is 29.7 Å². The first-order chi connectivity index (χ1) is 18.8. The molecule has 1 aromatic carbocycles. The van der Waals surface area contributed by atoms with Crippen LogP contribution in [-0.4, -0.2) is 83.8 Å². The van der Waals surface area contributed by atoms with Gasteiger partial charge in [-0.05, 0) is 31.9 Å². The summed E-state index contributed by atoms with van der Waals surface area (Å²) >= 11 is 6.45. The number of fused-ring (bicyclic) bond motifs is 2. The Balaban J connectivity index is 1.59. The Hall–Kier alpha value is -3.21. The van der Waals surface area contributed by atoms with Crippen molar-refractivity contribution in [3.63, 3.8) is 0 Å². The Morgan fingerprint density at radius 1 is 1.15 bits per heavy atom. The van der Waals surface area contributed by atoms with E-state index < -0.39 is 47.6 Å². The highest BCUT2D eigenvalue weighted by molar-refractivity contribution is 6.34. The number of aliphatic hydroxyl groups excluding tert-OH is 1. The van der Waals surface area contributed by atoms with Crippen LogP contribution in [-0.2, 0) is 28.7 Å². The number of allylic oxidation sites excluding steroid dienone is 1. The molecule has 0 saturated carbocycles. The monoisotopic (exact) mass is 557 g/mol. The first-order valence-corrected chi connectivity index (χ1v) is 13.6. The van der Waals surface area contributed by atoms with Gasteiger partial charge in [0, 0.05) is 26.1 Å². The smallest absolute Gasteiger partial charge is 0.313 e. The van der Waals surface area contributed by atoms with Gasteiger partial charge in [0.15, 0.2) is 0 Å². The van der Waals surface area contributed by atoms with Gasteiger partial charge in [0.2, 0.25) is 11.8 Å². The SMILES string of the molecule is C[C@H]1CNC(=O)CC/C=C\[C@@H]2O[C@@]34C=CCN(c5ccccc5Cl)C(=O)[C@@H]3N(CCCO)C(=O)[C@H]4[C@@H]2C(=O)O1. The number of likely N-dealkylation sites (tertiary alicyclic amines) is 1. The van der Waals surface area contributed by atoms with Gasteiger partial charge in [0.25, 0.3) is 5.91 Å². The summed E-state index contributed by atoms with van der Waals surface area (Å²) < 4.78 is 12.3. The highest BCUT2D eigenvalue weighted by atomic mass is 35.5. The molecule has 0 unspecified atom stereocenters. The second-order valence-electron chi connectivity index (χ2n) is 10.3. The zero-order chi connectivity index (χ0) is 27.7. The minimum absolute atomic E-state index is 0.113. The summed E-state index contributed by atoms with van der Waals surface area (Å²) in [5.74, 6) is -3.60. The minimum atomic E-state index is -1.43. The molecule has 2 saturated heterocycles. The van der Waals surface area contributed by atoms with E-state index >= 15 is 0 Å². The first kappa shape index (κ1) is 27.4. The highest BCUT2D eigenvalue weighted by Gasteiger charge is 2.71. The number of benzene rings is 1. The average molecular weight is 558 g/mol. The van der Waals surface area contributed by atoms with Crippen molar-refractivity contribution in [2.75, 3.05) is 31.1 Å². The maximum atomic E-state index is 14.3. The molecule has 3 amide bonds. The number of amides is 3. The summed E-state index contributed by atoms with van der Waals surface area (Å²) in [7, 11) is 0. The molecule has 6 atom stereocenters. The number of carbonyl (C=O) groups excluding carboxylic acids is 4. The van der Waals surface area contributed by atoms with Gasteiger partial charge >= 0.3 is 5.97 Å². The maximum absolute atomic E-state index is 14.3. The highest BCUT2D eigenvalue weighted by Crippen LogP contribution is 2.53. The fourth-order valence-electron chi connectivity index (χ4n) is 6.03. The molecule has 4 aliphatic heterocycles. The number of halogens is 1. The lowest BCUT2D eigenvalue weighted by molar-refractivity contribution is -0.158. The summed E-state index contributed by atoms with van der Waals surface area (Å²) in [6.45, 7) is 1.95. The Labute approximate surface area is 231 Å². The molecule has 0 aromatic heterocycles. The van der Waals surface area contributed by atoms with E-state index in [9.17, 15) is 24.3 Å². The van der Waals surface area contributed by atoms with Crippen LogP contribution in [0, 0.1) is 11.8 Å². The number of esters is 1. The lowest BCUT2D eigenvalue weighted by Crippen LogP contribution is -2.55. The standard InChI is InChI=1S/C28H32ClN3O7/c1-17-16-30-21(34)11-5-4-10-20-22(27(37)38-17)23-25(35)32(14-7-15-33)24-26(36)31(13-6-12-28(23,24)39-20)19-9-3-2-8-18(19)29/h2-4,6,8-10,12,17,20,22-24,33H,5,7,11,13-16H2,1H3,(H,30,34)/b10-4-/t17-,20-,22+,23+,24-,28+/m0/s1. The Morgan fingerprint density at radius 3 is 2.72 bits per heavy atom. The predicted octanol–water partition coefficient (Wildman–Crippen LogP) is 1.60. The van der Waals surface area contributed by atoms with Crippen molar-refractivity contribution >= 4 is 41.0 Å². The van der Waals surface area contributed by atoms with Crippen LogP contribution in [0.4, 0.5) is 5.69 Å². The number of para-hydroxylation sites is 1. The third-order valence-electron chi connectivity index (χ3n) is 7.73. The van der Waals surface area contributed by atoms with Crippen molar-refractivity contribution in [2.45, 2.75) is 50.0 Å². The van der Waals surface area contributed by atoms with Crippen LogP contribution in [0.2, 0.25) is 5.02 Å². The van der Waals surface area contributed by atoms with Gasteiger partial charge in [-0.3, -0.25) is 19.2 Å². The van der Waals surface area contributed by atoms with Crippen LogP contribution in [0.5, 0.6) is 0 Å². The maximum Gasteiger partial charge on any atom is 0.313 e. The number of aliphatic hydroxyl groups is 1. The van der Waals surface area contributed by atoms with Crippen LogP contribution < -0.4 is 10.2 Å². The van der Waals surface area contributed by atoms with Gasteiger partial charge in [-0.15, -0.1) is 0 Å². The fraction of sp³-hybridized carbons (Fsp3) is 0.500. The van der Waals surface area contributed by atoms with Crippen LogP contribution in [0.15, 0.2) is 48.6 Å². The molecular formula is C28H32ClN3O7. The summed E-state index contributed by atoms with van der Waals surface area (Å²) in [5, 5.41) is 12.7. The number of ether oxygens (including phenoxy) is 2. The van der Waals surface area contributed by atoms with E-state index in [4.69, 9.17) is 21.1 Å². The molecule has 11 heteroatoms. The van der Waals surface area contributed by atoms with E-state index in [1.165, 1.54) is 9.80 Å². The molecule has 0 radical (unpaired) electrons. The molecule has 208 valence electrons. The van der Waals surface area contributed by atoms with Crippen molar-refractivity contribution in [1.29, 1.82) is 0 Å². The molecular weight excluding hydrogens is 526 g/mol. The van der Waals surface area contributed by atoms with Crippen LogP contribution in [0.1, 0.15) is 26.2 Å². The number of nitrogens with zero attached hydrogens (tertiary/aromatic N) is 2. The first-order valence-electron chi connectivity index (χ1n) is 13.2. The third-order valence-corrected chi connectivity index (χ3v) is 8.05. The van der Waals surface area contributed by atoms with E-state index in [-0.39, 0.29) is 50.9 Å². The third kappa shape index (κ3) is 4.85. The zero-order valence-corrected chi connectivity index (χ0v) is 22.4. The van der Waals surface area contributed by atoms with Crippen molar-refractivity contribution in [3.8, 4) is 0 Å². The summed E-state index contributed by atoms with van der Waals surface area (Å²) in [6, 6.07) is 5.88. The van der Waals surface area contributed by atoms with Gasteiger partial charge in [0.05, 0.1) is 29.3 Å².